The van der Waals surface area contributed by atoms with Gasteiger partial charge in [0.05, 0.1) is 5.69 Å². The van der Waals surface area contributed by atoms with Crippen LogP contribution in [0.2, 0.25) is 0 Å². The van der Waals surface area contributed by atoms with Gasteiger partial charge >= 0.3 is 0 Å². The molecule has 1 aliphatic rings. The van der Waals surface area contributed by atoms with Crippen LogP contribution in [0.4, 0.5) is 11.4 Å². The van der Waals surface area contributed by atoms with Gasteiger partial charge in [-0.15, -0.1) is 0 Å². The smallest absolute Gasteiger partial charge is 0.262 e. The molecule has 0 fully saturated rings. The Morgan fingerprint density at radius 3 is 2.67 bits per heavy atom. The van der Waals surface area contributed by atoms with E-state index >= 15 is 0 Å². The second kappa shape index (κ2) is 6.95. The Kier molecular flexibility index (Phi) is 4.56. The molecule has 0 aromatic heterocycles. The molecular weight excluding hydrogens is 308 g/mol. The molecule has 0 unspecified atom stereocenters. The van der Waals surface area contributed by atoms with Crippen LogP contribution in [0.3, 0.4) is 0 Å². The maximum atomic E-state index is 12.0. The van der Waals surface area contributed by atoms with Gasteiger partial charge in [-0.25, -0.2) is 0 Å². The van der Waals surface area contributed by atoms with E-state index < -0.39 is 0 Å². The zero-order valence-corrected chi connectivity index (χ0v) is 12.9. The van der Waals surface area contributed by atoms with Crippen LogP contribution in [0.1, 0.15) is 23.2 Å². The highest BCUT2D eigenvalue weighted by molar-refractivity contribution is 6.00. The van der Waals surface area contributed by atoms with Gasteiger partial charge in [0.1, 0.15) is 5.75 Å². The monoisotopic (exact) mass is 324 g/mol. The summed E-state index contributed by atoms with van der Waals surface area (Å²) in [6.45, 7) is -0.0457. The largest absolute Gasteiger partial charge is 0.482 e. The fourth-order valence-electron chi connectivity index (χ4n) is 2.37. The number of ketones is 1. The highest BCUT2D eigenvalue weighted by Crippen LogP contribution is 2.30. The summed E-state index contributed by atoms with van der Waals surface area (Å²) < 4.78 is 5.30. The molecule has 0 saturated carbocycles. The molecule has 24 heavy (non-hydrogen) atoms. The average Bonchev–Trinajstić information content (AvgIpc) is 2.60. The number of hydrogen-bond donors (Lipinski definition) is 2. The van der Waals surface area contributed by atoms with Crippen molar-refractivity contribution in [1.82, 2.24) is 0 Å². The van der Waals surface area contributed by atoms with Gasteiger partial charge in [0.15, 0.2) is 12.4 Å². The molecule has 0 bridgehead atoms. The molecule has 2 aromatic rings. The van der Waals surface area contributed by atoms with E-state index in [1.54, 1.807) is 42.5 Å². The molecule has 0 aliphatic carbocycles. The van der Waals surface area contributed by atoms with Crippen LogP contribution in [0.5, 0.6) is 5.75 Å². The van der Waals surface area contributed by atoms with Crippen molar-refractivity contribution in [2.45, 2.75) is 12.8 Å². The molecule has 0 spiro atoms. The highest BCUT2D eigenvalue weighted by atomic mass is 16.5. The van der Waals surface area contributed by atoms with E-state index in [1.165, 1.54) is 0 Å². The van der Waals surface area contributed by atoms with Crippen LogP contribution in [0.15, 0.2) is 48.5 Å². The first-order chi connectivity index (χ1) is 11.6. The van der Waals surface area contributed by atoms with Gasteiger partial charge in [-0.05, 0) is 12.1 Å². The van der Waals surface area contributed by atoms with Gasteiger partial charge < -0.3 is 15.4 Å². The van der Waals surface area contributed by atoms with Crippen LogP contribution >= 0.6 is 0 Å². The van der Waals surface area contributed by atoms with Gasteiger partial charge in [0.2, 0.25) is 5.91 Å². The molecule has 3 rings (SSSR count). The summed E-state index contributed by atoms with van der Waals surface area (Å²) in [4.78, 5) is 35.2. The van der Waals surface area contributed by atoms with E-state index in [0.29, 0.717) is 22.7 Å². The predicted octanol–water partition coefficient (Wildman–Crippen LogP) is 2.62. The first-order valence-electron chi connectivity index (χ1n) is 7.56. The average molecular weight is 324 g/mol. The van der Waals surface area contributed by atoms with Gasteiger partial charge in [0.25, 0.3) is 5.91 Å². The number of benzene rings is 2. The number of rotatable bonds is 5. The summed E-state index contributed by atoms with van der Waals surface area (Å²) in [6, 6.07) is 13.9. The predicted molar refractivity (Wildman–Crippen MR) is 89.2 cm³/mol. The zero-order valence-electron chi connectivity index (χ0n) is 12.9. The third-order valence-corrected chi connectivity index (χ3v) is 3.57. The summed E-state index contributed by atoms with van der Waals surface area (Å²) in [5.41, 5.74) is 1.73. The lowest BCUT2D eigenvalue weighted by molar-refractivity contribution is -0.118. The Bertz CT molecular complexity index is 787. The van der Waals surface area contributed by atoms with Crippen LogP contribution in [0, 0.1) is 0 Å². The van der Waals surface area contributed by atoms with Crippen LogP contribution in [-0.4, -0.2) is 24.2 Å². The maximum absolute atomic E-state index is 12.0. The number of Topliss-reactive ketones (excluding diaryl/α,β-unsaturated/α-hetero) is 1. The molecule has 2 N–H and O–H groups in total. The normalized spacial score (nSPS) is 12.6. The number of nitrogens with one attached hydrogen (secondary N) is 2. The Hall–Kier alpha value is -3.15. The van der Waals surface area contributed by atoms with Crippen LogP contribution < -0.4 is 15.4 Å². The van der Waals surface area contributed by atoms with Gasteiger partial charge in [0, 0.05) is 30.2 Å². The number of carbonyl (C=O) groups is 3. The summed E-state index contributed by atoms with van der Waals surface area (Å²) in [7, 11) is 0. The molecule has 2 aromatic carbocycles. The SMILES string of the molecule is O=C(CCC(=O)c1ccccc1)Nc1ccc2c(c1)OCC(=O)N2. The van der Waals surface area contributed by atoms with Crippen molar-refractivity contribution >= 4 is 29.0 Å². The standard InChI is InChI=1S/C18H16N2O4/c21-15(12-4-2-1-3-5-12)8-9-17(22)19-13-6-7-14-16(10-13)24-11-18(23)20-14/h1-7,10H,8-9,11H2,(H,19,22)(H,20,23). The second-order valence-corrected chi connectivity index (χ2v) is 5.39. The summed E-state index contributed by atoms with van der Waals surface area (Å²) in [5, 5.41) is 5.40. The number of anilines is 2. The Morgan fingerprint density at radius 2 is 1.88 bits per heavy atom. The minimum Gasteiger partial charge on any atom is -0.482 e. The van der Waals surface area contributed by atoms with Gasteiger partial charge in [-0.1, -0.05) is 30.3 Å². The molecule has 122 valence electrons. The van der Waals surface area contributed by atoms with Gasteiger partial charge in [-0.3, -0.25) is 14.4 Å². The van der Waals surface area contributed by atoms with Crippen molar-refractivity contribution < 1.29 is 19.1 Å². The Labute approximate surface area is 138 Å². The number of carbonyl (C=O) groups excluding carboxylic acids is 3. The number of fused-ring (bicyclic) bond motifs is 1. The lowest BCUT2D eigenvalue weighted by atomic mass is 10.1. The van der Waals surface area contributed by atoms with Crippen LogP contribution in [-0.2, 0) is 9.59 Å². The minimum atomic E-state index is -0.251. The van der Waals surface area contributed by atoms with E-state index in [2.05, 4.69) is 10.6 Å². The van der Waals surface area contributed by atoms with Crippen molar-refractivity contribution in [2.24, 2.45) is 0 Å². The fraction of sp³-hybridized carbons (Fsp3) is 0.167. The highest BCUT2D eigenvalue weighted by Gasteiger charge is 2.16. The number of amides is 2. The third-order valence-electron chi connectivity index (χ3n) is 3.57. The fourth-order valence-corrected chi connectivity index (χ4v) is 2.37. The van der Waals surface area contributed by atoms with Crippen LogP contribution in [0.25, 0.3) is 0 Å². The lowest BCUT2D eigenvalue weighted by Gasteiger charge is -2.18. The molecular formula is C18H16N2O4. The molecule has 1 heterocycles. The molecule has 6 nitrogen and oxygen atoms in total. The Morgan fingerprint density at radius 1 is 1.08 bits per heavy atom. The van der Waals surface area contributed by atoms with Crippen molar-refractivity contribution in [1.29, 1.82) is 0 Å². The lowest BCUT2D eigenvalue weighted by Crippen LogP contribution is -2.25. The second-order valence-electron chi connectivity index (χ2n) is 5.39. The molecule has 2 amide bonds. The van der Waals surface area contributed by atoms with E-state index in [1.807, 2.05) is 6.07 Å². The first-order valence-corrected chi connectivity index (χ1v) is 7.56. The molecule has 1 aliphatic heterocycles. The van der Waals surface area contributed by atoms with Crippen molar-refractivity contribution in [3.05, 3.63) is 54.1 Å². The minimum absolute atomic E-state index is 0.0457. The third kappa shape index (κ3) is 3.78. The molecule has 6 heteroatoms. The zero-order chi connectivity index (χ0) is 16.9. The molecule has 0 atom stereocenters. The summed E-state index contributed by atoms with van der Waals surface area (Å²) >= 11 is 0. The van der Waals surface area contributed by atoms with E-state index in [4.69, 9.17) is 4.74 Å². The molecule has 0 saturated heterocycles. The summed E-state index contributed by atoms with van der Waals surface area (Å²) in [5.74, 6) is -0.0206. The topological polar surface area (TPSA) is 84.5 Å². The number of ether oxygens (including phenoxy) is 1. The van der Waals surface area contributed by atoms with E-state index in [9.17, 15) is 14.4 Å². The summed E-state index contributed by atoms with van der Waals surface area (Å²) in [6.07, 6.45) is 0.246. The van der Waals surface area contributed by atoms with Crippen molar-refractivity contribution in [3.8, 4) is 5.75 Å². The van der Waals surface area contributed by atoms with Gasteiger partial charge in [-0.2, -0.15) is 0 Å². The van der Waals surface area contributed by atoms with Crippen molar-refractivity contribution in [2.75, 3.05) is 17.2 Å². The first kappa shape index (κ1) is 15.7. The Balaban J connectivity index is 1.55. The quantitative estimate of drug-likeness (QED) is 0.828. The maximum Gasteiger partial charge on any atom is 0.262 e. The van der Waals surface area contributed by atoms with E-state index in [0.717, 1.165) is 0 Å². The van der Waals surface area contributed by atoms with E-state index in [-0.39, 0.29) is 37.0 Å². The van der Waals surface area contributed by atoms with Crippen molar-refractivity contribution in [3.63, 3.8) is 0 Å². The number of hydrogen-bond acceptors (Lipinski definition) is 4. The molecule has 0 radical (unpaired) electrons.